The van der Waals surface area contributed by atoms with Gasteiger partial charge in [0.25, 0.3) is 0 Å². The van der Waals surface area contributed by atoms with E-state index in [4.69, 9.17) is 5.11 Å². The Morgan fingerprint density at radius 2 is 1.92 bits per heavy atom. The first-order valence-corrected chi connectivity index (χ1v) is 5.30. The van der Waals surface area contributed by atoms with Crippen LogP contribution in [0, 0.1) is 5.92 Å². The summed E-state index contributed by atoms with van der Waals surface area (Å²) >= 11 is 0. The van der Waals surface area contributed by atoms with E-state index in [2.05, 4.69) is 4.90 Å². The van der Waals surface area contributed by atoms with Crippen molar-refractivity contribution >= 4 is 0 Å². The molecule has 0 radical (unpaired) electrons. The topological polar surface area (TPSA) is 43.7 Å². The first-order chi connectivity index (χ1) is 6.24. The molecule has 0 aromatic heterocycles. The van der Waals surface area contributed by atoms with Gasteiger partial charge in [0.15, 0.2) is 0 Å². The maximum atomic E-state index is 9.99. The van der Waals surface area contributed by atoms with Gasteiger partial charge in [0, 0.05) is 19.7 Å². The zero-order valence-electron chi connectivity index (χ0n) is 8.08. The normalized spacial score (nSPS) is 27.2. The number of rotatable bonds is 5. The summed E-state index contributed by atoms with van der Waals surface area (Å²) in [7, 11) is 0. The van der Waals surface area contributed by atoms with Crippen molar-refractivity contribution in [3.8, 4) is 0 Å². The number of aliphatic hydroxyl groups is 2. The minimum atomic E-state index is -0.334. The summed E-state index contributed by atoms with van der Waals surface area (Å²) in [6.07, 6.45) is 4.39. The molecule has 0 aromatic carbocycles. The van der Waals surface area contributed by atoms with Crippen LogP contribution in [0.4, 0.5) is 0 Å². The van der Waals surface area contributed by atoms with Crippen LogP contribution in [0.2, 0.25) is 0 Å². The lowest BCUT2D eigenvalue weighted by molar-refractivity contribution is -0.113. The minimum Gasteiger partial charge on any atom is -0.396 e. The molecule has 0 unspecified atom stereocenters. The van der Waals surface area contributed by atoms with Crippen molar-refractivity contribution in [2.75, 3.05) is 26.2 Å². The largest absolute Gasteiger partial charge is 0.396 e. The molecule has 0 aromatic rings. The number of unbranched alkanes of at least 4 members (excludes halogenated alkanes) is 1. The highest BCUT2D eigenvalue weighted by atomic mass is 16.3. The number of likely N-dealkylation sites (tertiary alicyclic amines) is 1. The van der Waals surface area contributed by atoms with Crippen LogP contribution >= 0.6 is 0 Å². The fourth-order valence-electron chi connectivity index (χ4n) is 2.21. The maximum Gasteiger partial charge on any atom is 0.0928 e. The molecule has 1 heterocycles. The second-order valence-corrected chi connectivity index (χ2v) is 4.52. The van der Waals surface area contributed by atoms with Crippen LogP contribution in [-0.2, 0) is 0 Å². The van der Waals surface area contributed by atoms with E-state index in [0.29, 0.717) is 12.5 Å². The van der Waals surface area contributed by atoms with Crippen molar-refractivity contribution in [2.45, 2.75) is 31.3 Å². The summed E-state index contributed by atoms with van der Waals surface area (Å²) in [6, 6.07) is 0. The zero-order chi connectivity index (χ0) is 9.31. The number of hydrogen-bond acceptors (Lipinski definition) is 3. The van der Waals surface area contributed by atoms with Gasteiger partial charge in [0.2, 0.25) is 0 Å². The molecule has 3 nitrogen and oxygen atoms in total. The second kappa shape index (κ2) is 3.56. The lowest BCUT2D eigenvalue weighted by Crippen LogP contribution is -2.63. The second-order valence-electron chi connectivity index (χ2n) is 4.52. The molecule has 2 rings (SSSR count). The zero-order valence-corrected chi connectivity index (χ0v) is 8.08. The number of nitrogens with zero attached hydrogens (tertiary/aromatic N) is 1. The molecular weight excluding hydrogens is 166 g/mol. The summed E-state index contributed by atoms with van der Waals surface area (Å²) in [6.45, 7) is 3.06. The van der Waals surface area contributed by atoms with E-state index in [0.717, 1.165) is 32.5 Å². The lowest BCUT2D eigenvalue weighted by atomic mass is 9.88. The predicted molar refractivity (Wildman–Crippen MR) is 50.4 cm³/mol. The quantitative estimate of drug-likeness (QED) is 0.602. The fraction of sp³-hybridized carbons (Fsp3) is 1.00. The Hall–Kier alpha value is -0.120. The van der Waals surface area contributed by atoms with Crippen LogP contribution in [-0.4, -0.2) is 47.0 Å². The van der Waals surface area contributed by atoms with Gasteiger partial charge in [-0.25, -0.2) is 0 Å². The predicted octanol–water partition coefficient (Wildman–Crippen LogP) is 0.216. The average Bonchev–Trinajstić information content (AvgIpc) is 2.83. The third-order valence-electron chi connectivity index (χ3n) is 3.21. The van der Waals surface area contributed by atoms with Gasteiger partial charge in [-0.1, -0.05) is 0 Å². The summed E-state index contributed by atoms with van der Waals surface area (Å²) in [5.74, 6) is 0.599. The van der Waals surface area contributed by atoms with Gasteiger partial charge in [-0.2, -0.15) is 0 Å². The van der Waals surface area contributed by atoms with Gasteiger partial charge in [-0.3, -0.25) is 4.90 Å². The Labute approximate surface area is 79.4 Å². The number of β-amino-alcohol motifs (C(OH)–C–C–N with tert-alkyl or cyclic N) is 1. The van der Waals surface area contributed by atoms with Crippen LogP contribution in [0.5, 0.6) is 0 Å². The molecule has 1 saturated heterocycles. The van der Waals surface area contributed by atoms with E-state index in [1.54, 1.807) is 0 Å². The Kier molecular flexibility index (Phi) is 2.58. The van der Waals surface area contributed by atoms with E-state index < -0.39 is 0 Å². The highest BCUT2D eigenvalue weighted by Gasteiger charge is 2.51. The SMILES string of the molecule is OCCCCN1CC(O)(C2CC2)C1. The molecule has 0 spiro atoms. The molecule has 1 aliphatic heterocycles. The van der Waals surface area contributed by atoms with E-state index in [1.807, 2.05) is 0 Å². The van der Waals surface area contributed by atoms with Gasteiger partial charge in [0.1, 0.15) is 0 Å². The Morgan fingerprint density at radius 3 is 2.46 bits per heavy atom. The van der Waals surface area contributed by atoms with Gasteiger partial charge in [-0.15, -0.1) is 0 Å². The minimum absolute atomic E-state index is 0.292. The lowest BCUT2D eigenvalue weighted by Gasteiger charge is -2.47. The van der Waals surface area contributed by atoms with Crippen LogP contribution < -0.4 is 0 Å². The molecule has 0 amide bonds. The Morgan fingerprint density at radius 1 is 1.23 bits per heavy atom. The first kappa shape index (κ1) is 9.44. The van der Waals surface area contributed by atoms with Gasteiger partial charge >= 0.3 is 0 Å². The fourth-order valence-corrected chi connectivity index (χ4v) is 2.21. The molecule has 2 fully saturated rings. The molecule has 3 heteroatoms. The molecule has 2 aliphatic rings. The summed E-state index contributed by atoms with van der Waals surface area (Å²) in [5, 5.41) is 18.6. The molecule has 13 heavy (non-hydrogen) atoms. The van der Waals surface area contributed by atoms with Gasteiger partial charge in [0.05, 0.1) is 5.60 Å². The highest BCUT2D eigenvalue weighted by molar-refractivity contribution is 5.05. The van der Waals surface area contributed by atoms with Crippen LogP contribution in [0.1, 0.15) is 25.7 Å². The van der Waals surface area contributed by atoms with Crippen molar-refractivity contribution in [3.05, 3.63) is 0 Å². The van der Waals surface area contributed by atoms with Crippen molar-refractivity contribution < 1.29 is 10.2 Å². The van der Waals surface area contributed by atoms with Crippen molar-refractivity contribution in [2.24, 2.45) is 5.92 Å². The maximum absolute atomic E-state index is 9.99. The highest BCUT2D eigenvalue weighted by Crippen LogP contribution is 2.44. The van der Waals surface area contributed by atoms with Crippen molar-refractivity contribution in [1.29, 1.82) is 0 Å². The van der Waals surface area contributed by atoms with Crippen LogP contribution in [0.25, 0.3) is 0 Å². The molecular formula is C10H19NO2. The summed E-state index contributed by atoms with van der Waals surface area (Å²) in [5.41, 5.74) is -0.334. The number of hydrogen-bond donors (Lipinski definition) is 2. The molecule has 1 saturated carbocycles. The van der Waals surface area contributed by atoms with E-state index in [-0.39, 0.29) is 5.60 Å². The molecule has 76 valence electrons. The van der Waals surface area contributed by atoms with Crippen LogP contribution in [0.3, 0.4) is 0 Å². The third kappa shape index (κ3) is 2.03. The third-order valence-corrected chi connectivity index (χ3v) is 3.21. The molecule has 0 atom stereocenters. The Bertz CT molecular complexity index is 174. The summed E-state index contributed by atoms with van der Waals surface area (Å²) < 4.78 is 0. The van der Waals surface area contributed by atoms with E-state index in [9.17, 15) is 5.11 Å². The first-order valence-electron chi connectivity index (χ1n) is 5.30. The summed E-state index contributed by atoms with van der Waals surface area (Å²) in [4.78, 5) is 2.29. The molecule has 0 bridgehead atoms. The molecule has 1 aliphatic carbocycles. The van der Waals surface area contributed by atoms with E-state index in [1.165, 1.54) is 12.8 Å². The van der Waals surface area contributed by atoms with Crippen molar-refractivity contribution in [1.82, 2.24) is 4.90 Å². The standard InChI is InChI=1S/C10H19NO2/c12-6-2-1-5-11-7-10(13,8-11)9-3-4-9/h9,12-13H,1-8H2. The van der Waals surface area contributed by atoms with Gasteiger partial charge < -0.3 is 10.2 Å². The van der Waals surface area contributed by atoms with E-state index >= 15 is 0 Å². The Balaban J connectivity index is 1.60. The van der Waals surface area contributed by atoms with Gasteiger partial charge in [-0.05, 0) is 38.1 Å². The number of aliphatic hydroxyl groups excluding tert-OH is 1. The smallest absolute Gasteiger partial charge is 0.0928 e. The monoisotopic (exact) mass is 185 g/mol. The van der Waals surface area contributed by atoms with Crippen LogP contribution in [0.15, 0.2) is 0 Å². The average molecular weight is 185 g/mol. The molecule has 2 N–H and O–H groups in total. The van der Waals surface area contributed by atoms with Crippen molar-refractivity contribution in [3.63, 3.8) is 0 Å².